The molecule has 0 aromatic rings. The lowest BCUT2D eigenvalue weighted by atomic mass is 9.99. The molecule has 1 aliphatic heterocycles. The Hall–Kier alpha value is -2.63. The Balaban J connectivity index is 2.22. The van der Waals surface area contributed by atoms with Gasteiger partial charge >= 0.3 is 0 Å². The minimum Gasteiger partial charge on any atom is -0.394 e. The second-order valence-corrected chi connectivity index (χ2v) is 20.4. The maximum atomic E-state index is 13.0. The van der Waals surface area contributed by atoms with Crippen molar-refractivity contribution in [1.29, 1.82) is 0 Å². The van der Waals surface area contributed by atoms with E-state index in [1.165, 1.54) is 167 Å². The third-order valence-corrected chi connectivity index (χ3v) is 13.7. The maximum absolute atomic E-state index is 13.0. The first-order valence-electron chi connectivity index (χ1n) is 29.8. The van der Waals surface area contributed by atoms with E-state index in [0.29, 0.717) is 6.42 Å². The number of amides is 1. The molecule has 0 saturated carbocycles. The van der Waals surface area contributed by atoms with E-state index in [-0.39, 0.29) is 18.9 Å². The van der Waals surface area contributed by atoms with Crippen LogP contribution in [0.2, 0.25) is 0 Å². The van der Waals surface area contributed by atoms with Gasteiger partial charge in [0.15, 0.2) is 6.29 Å². The first-order valence-corrected chi connectivity index (χ1v) is 29.8. The van der Waals surface area contributed by atoms with Crippen molar-refractivity contribution in [3.05, 3.63) is 85.1 Å². The van der Waals surface area contributed by atoms with Crippen molar-refractivity contribution in [2.75, 3.05) is 13.2 Å². The van der Waals surface area contributed by atoms with Gasteiger partial charge in [0.1, 0.15) is 24.4 Å². The Morgan fingerprint density at radius 1 is 0.486 bits per heavy atom. The minimum atomic E-state index is -1.59. The van der Waals surface area contributed by atoms with Gasteiger partial charge in [-0.25, -0.2) is 0 Å². The fourth-order valence-corrected chi connectivity index (χ4v) is 9.03. The molecule has 0 bridgehead atoms. The van der Waals surface area contributed by atoms with Crippen LogP contribution in [-0.4, -0.2) is 87.5 Å². The van der Waals surface area contributed by atoms with Gasteiger partial charge in [0, 0.05) is 6.42 Å². The number of allylic oxidation sites excluding steroid dienone is 13. The van der Waals surface area contributed by atoms with Crippen LogP contribution < -0.4 is 5.32 Å². The van der Waals surface area contributed by atoms with Crippen molar-refractivity contribution >= 4 is 5.91 Å². The summed E-state index contributed by atoms with van der Waals surface area (Å²) >= 11 is 0. The Bertz CT molecular complexity index is 1400. The zero-order chi connectivity index (χ0) is 52.2. The topological polar surface area (TPSA) is 149 Å². The molecule has 1 heterocycles. The molecule has 9 heteroatoms. The smallest absolute Gasteiger partial charge is 0.220 e. The van der Waals surface area contributed by atoms with Gasteiger partial charge in [-0.2, -0.15) is 0 Å². The predicted molar refractivity (Wildman–Crippen MR) is 304 cm³/mol. The van der Waals surface area contributed by atoms with Crippen LogP contribution in [0.3, 0.4) is 0 Å². The molecule has 1 saturated heterocycles. The summed E-state index contributed by atoms with van der Waals surface area (Å²) in [5, 5.41) is 54.4. The fraction of sp³-hybridized carbons (Fsp3) is 0.762. The highest BCUT2D eigenvalue weighted by Gasteiger charge is 2.44. The van der Waals surface area contributed by atoms with E-state index < -0.39 is 49.5 Å². The van der Waals surface area contributed by atoms with Crippen LogP contribution >= 0.6 is 0 Å². The monoisotopic (exact) mass is 1010 g/mol. The van der Waals surface area contributed by atoms with Gasteiger partial charge in [0.2, 0.25) is 5.91 Å². The van der Waals surface area contributed by atoms with E-state index in [9.17, 15) is 30.3 Å². The summed E-state index contributed by atoms with van der Waals surface area (Å²) in [6, 6.07) is -0.858. The molecule has 1 fully saturated rings. The van der Waals surface area contributed by atoms with Gasteiger partial charge in [-0.1, -0.05) is 259 Å². The minimum absolute atomic E-state index is 0.228. The van der Waals surface area contributed by atoms with Crippen molar-refractivity contribution in [3.8, 4) is 0 Å². The number of aliphatic hydroxyl groups excluding tert-OH is 5. The van der Waals surface area contributed by atoms with E-state index >= 15 is 0 Å². The van der Waals surface area contributed by atoms with Gasteiger partial charge in [-0.05, 0) is 70.6 Å². The molecule has 0 spiro atoms. The Morgan fingerprint density at radius 2 is 0.875 bits per heavy atom. The quantitative estimate of drug-likeness (QED) is 0.0261. The Labute approximate surface area is 441 Å². The molecule has 416 valence electrons. The number of hydrogen-bond donors (Lipinski definition) is 6. The highest BCUT2D eigenvalue weighted by Crippen LogP contribution is 2.23. The summed E-state index contributed by atoms with van der Waals surface area (Å²) in [5.41, 5.74) is 0. The molecular formula is C63H111NO8. The average Bonchev–Trinajstić information content (AvgIpc) is 3.38. The molecule has 0 aromatic carbocycles. The summed E-state index contributed by atoms with van der Waals surface area (Å²) in [6.07, 6.45) is 66.8. The Morgan fingerprint density at radius 3 is 1.33 bits per heavy atom. The summed E-state index contributed by atoms with van der Waals surface area (Å²) in [4.78, 5) is 13.0. The number of aliphatic hydroxyl groups is 5. The number of carbonyl (C=O) groups is 1. The number of hydrogen-bond acceptors (Lipinski definition) is 8. The molecule has 0 aliphatic carbocycles. The number of unbranched alkanes of at least 4 members (excludes halogenated alkanes) is 28. The van der Waals surface area contributed by atoms with Gasteiger partial charge in [0.25, 0.3) is 0 Å². The van der Waals surface area contributed by atoms with Gasteiger partial charge in [-0.3, -0.25) is 4.79 Å². The van der Waals surface area contributed by atoms with Crippen molar-refractivity contribution in [2.45, 2.75) is 294 Å². The molecule has 1 aliphatic rings. The normalized spacial score (nSPS) is 19.8. The second kappa shape index (κ2) is 51.8. The zero-order valence-corrected chi connectivity index (χ0v) is 46.2. The summed E-state index contributed by atoms with van der Waals surface area (Å²) in [6.45, 7) is 3.62. The third-order valence-electron chi connectivity index (χ3n) is 13.7. The fourth-order valence-electron chi connectivity index (χ4n) is 9.03. The third kappa shape index (κ3) is 40.7. The molecule has 0 radical (unpaired) electrons. The lowest BCUT2D eigenvalue weighted by molar-refractivity contribution is -0.302. The van der Waals surface area contributed by atoms with Crippen molar-refractivity contribution in [1.82, 2.24) is 5.32 Å². The number of rotatable bonds is 50. The Kier molecular flexibility index (Phi) is 48.5. The van der Waals surface area contributed by atoms with Crippen LogP contribution in [0.1, 0.15) is 251 Å². The van der Waals surface area contributed by atoms with Gasteiger partial charge in [-0.15, -0.1) is 0 Å². The molecule has 6 N–H and O–H groups in total. The van der Waals surface area contributed by atoms with E-state index in [0.717, 1.165) is 57.8 Å². The van der Waals surface area contributed by atoms with E-state index in [1.54, 1.807) is 6.08 Å². The van der Waals surface area contributed by atoms with E-state index in [1.807, 2.05) is 6.08 Å². The molecule has 72 heavy (non-hydrogen) atoms. The highest BCUT2D eigenvalue weighted by molar-refractivity contribution is 5.76. The lowest BCUT2D eigenvalue weighted by Gasteiger charge is -2.40. The molecule has 1 amide bonds. The molecule has 0 aromatic heterocycles. The standard InChI is InChI=1S/C63H111NO8/c1-3-5-7-9-11-13-15-17-19-21-22-23-24-25-26-27-28-29-30-31-32-33-34-35-37-38-40-42-44-46-48-50-52-57(66)56(55-71-63-62(70)61(69)60(68)58(54-65)72-63)64-59(67)53-51-49-47-45-43-41-39-36-20-18-16-14-12-10-8-6-4-2/h6,8,12,14,18,20,39,41-42,44-45,47,50,52,56-58,60-63,65-66,68-70H,3-5,7,9-11,13,15-17,19,21-38,40,43,46,48-49,51,53-55H2,1-2H3,(H,64,67)/b8-6-,14-12-,20-18-,41-39-,44-42+,47-45-,52-50+. The molecule has 7 atom stereocenters. The summed E-state index contributed by atoms with van der Waals surface area (Å²) < 4.78 is 11.2. The predicted octanol–water partition coefficient (Wildman–Crippen LogP) is 15.0. The molecular weight excluding hydrogens is 899 g/mol. The van der Waals surface area contributed by atoms with Crippen LogP contribution in [0.25, 0.3) is 0 Å². The van der Waals surface area contributed by atoms with Crippen LogP contribution in [0.5, 0.6) is 0 Å². The van der Waals surface area contributed by atoms with Crippen LogP contribution in [0, 0.1) is 0 Å². The van der Waals surface area contributed by atoms with Gasteiger partial charge in [0.05, 0.1) is 25.4 Å². The number of nitrogens with one attached hydrogen (secondary N) is 1. The van der Waals surface area contributed by atoms with Crippen LogP contribution in [0.4, 0.5) is 0 Å². The van der Waals surface area contributed by atoms with E-state index in [4.69, 9.17) is 9.47 Å². The van der Waals surface area contributed by atoms with Crippen molar-refractivity contribution < 1.29 is 39.8 Å². The average molecular weight is 1010 g/mol. The molecule has 9 nitrogen and oxygen atoms in total. The van der Waals surface area contributed by atoms with Crippen LogP contribution in [0.15, 0.2) is 85.1 Å². The second-order valence-electron chi connectivity index (χ2n) is 20.4. The highest BCUT2D eigenvalue weighted by atomic mass is 16.7. The summed E-state index contributed by atoms with van der Waals surface area (Å²) in [5.74, 6) is -0.244. The van der Waals surface area contributed by atoms with Crippen LogP contribution in [-0.2, 0) is 14.3 Å². The maximum Gasteiger partial charge on any atom is 0.220 e. The van der Waals surface area contributed by atoms with Crippen molar-refractivity contribution in [2.24, 2.45) is 0 Å². The van der Waals surface area contributed by atoms with E-state index in [2.05, 4.69) is 92.1 Å². The first-order chi connectivity index (χ1) is 35.3. The lowest BCUT2D eigenvalue weighted by Crippen LogP contribution is -2.60. The molecule has 1 rings (SSSR count). The largest absolute Gasteiger partial charge is 0.394 e. The zero-order valence-electron chi connectivity index (χ0n) is 46.2. The van der Waals surface area contributed by atoms with Crippen molar-refractivity contribution in [3.63, 3.8) is 0 Å². The SMILES string of the molecule is CC/C=C\C/C=C\C/C=C\C/C=C\C/C=C\CCCC(=O)NC(COC1OC(CO)C(O)C(O)C1O)C(O)/C=C/CC/C=C/CCCCCCCCCCCCCCCCCCCCCCCCCCCC. The van der Waals surface area contributed by atoms with Gasteiger partial charge < -0.3 is 40.3 Å². The summed E-state index contributed by atoms with van der Waals surface area (Å²) in [7, 11) is 0. The number of carbonyl (C=O) groups excluding carboxylic acids is 1. The number of ether oxygens (including phenoxy) is 2. The first kappa shape index (κ1) is 67.4. The molecule has 7 unspecified atom stereocenters.